The van der Waals surface area contributed by atoms with Crippen LogP contribution in [0.25, 0.3) is 0 Å². The van der Waals surface area contributed by atoms with E-state index in [4.69, 9.17) is 10.3 Å². The second-order valence-electron chi connectivity index (χ2n) is 6.77. The monoisotopic (exact) mass is 393 g/mol. The Bertz CT molecular complexity index is 554. The molecule has 7 nitrogen and oxygen atoms in total. The number of nitrogens with two attached hydrogens (primary N) is 1. The molecule has 0 spiro atoms. The maximum absolute atomic E-state index is 12.7. The van der Waals surface area contributed by atoms with Crippen LogP contribution in [-0.2, 0) is 11.2 Å². The van der Waals surface area contributed by atoms with Gasteiger partial charge in [-0.05, 0) is 19.8 Å². The first-order chi connectivity index (χ1) is 11.0. The molecule has 1 aromatic rings. The van der Waals surface area contributed by atoms with E-state index in [1.807, 2.05) is 11.8 Å². The van der Waals surface area contributed by atoms with Gasteiger partial charge in [-0.3, -0.25) is 9.69 Å². The molecule has 1 amide bonds. The van der Waals surface area contributed by atoms with Gasteiger partial charge in [0.05, 0.1) is 11.6 Å². The van der Waals surface area contributed by atoms with Gasteiger partial charge in [-0.25, -0.2) is 0 Å². The van der Waals surface area contributed by atoms with Gasteiger partial charge in [0.25, 0.3) is 0 Å². The van der Waals surface area contributed by atoms with E-state index in [0.29, 0.717) is 5.89 Å². The van der Waals surface area contributed by atoms with Crippen LogP contribution < -0.4 is 5.73 Å². The molecule has 1 atom stereocenters. The van der Waals surface area contributed by atoms with Crippen molar-refractivity contribution in [3.63, 3.8) is 0 Å². The molecule has 1 aliphatic heterocycles. The minimum absolute atomic E-state index is 0. The van der Waals surface area contributed by atoms with Gasteiger partial charge in [-0.1, -0.05) is 24.9 Å². The van der Waals surface area contributed by atoms with Crippen molar-refractivity contribution in [2.75, 3.05) is 26.2 Å². The van der Waals surface area contributed by atoms with Gasteiger partial charge < -0.3 is 15.2 Å². The van der Waals surface area contributed by atoms with Crippen LogP contribution in [-0.4, -0.2) is 57.6 Å². The van der Waals surface area contributed by atoms with Gasteiger partial charge in [0.15, 0.2) is 5.82 Å². The predicted molar refractivity (Wildman–Crippen MR) is 100 cm³/mol. The lowest BCUT2D eigenvalue weighted by Crippen LogP contribution is -2.58. The highest BCUT2D eigenvalue weighted by Gasteiger charge is 2.41. The molecule has 1 aromatic heterocycles. The van der Waals surface area contributed by atoms with Crippen LogP contribution in [0.5, 0.6) is 0 Å². The average molecular weight is 394 g/mol. The second kappa shape index (κ2) is 9.16. The Morgan fingerprint density at radius 3 is 2.36 bits per heavy atom. The normalized spacial score (nSPS) is 21.3. The molecule has 1 unspecified atom stereocenters. The van der Waals surface area contributed by atoms with Gasteiger partial charge in [0, 0.05) is 32.6 Å². The van der Waals surface area contributed by atoms with Crippen LogP contribution >= 0.6 is 24.8 Å². The van der Waals surface area contributed by atoms with E-state index in [2.05, 4.69) is 22.0 Å². The number of aryl methyl sites for hydroxylation is 1. The predicted octanol–water partition coefficient (Wildman–Crippen LogP) is 1.95. The van der Waals surface area contributed by atoms with Crippen LogP contribution in [0.1, 0.15) is 57.3 Å². The average Bonchev–Trinajstić information content (AvgIpc) is 3.23. The summed E-state index contributed by atoms with van der Waals surface area (Å²) in [5.41, 5.74) is 5.68. The first-order valence-electron chi connectivity index (χ1n) is 8.68. The Hall–Kier alpha value is -0.890. The number of halogens is 2. The Kier molecular flexibility index (Phi) is 8.12. The Labute approximate surface area is 161 Å². The highest BCUT2D eigenvalue weighted by molar-refractivity contribution is 5.86. The molecule has 1 saturated heterocycles. The van der Waals surface area contributed by atoms with Crippen molar-refractivity contribution >= 4 is 30.7 Å². The Morgan fingerprint density at radius 1 is 1.24 bits per heavy atom. The van der Waals surface area contributed by atoms with E-state index in [0.717, 1.165) is 64.1 Å². The van der Waals surface area contributed by atoms with Crippen molar-refractivity contribution in [1.29, 1.82) is 0 Å². The molecule has 2 N–H and O–H groups in total. The third kappa shape index (κ3) is 4.64. The molecule has 1 aliphatic carbocycles. The summed E-state index contributed by atoms with van der Waals surface area (Å²) in [6, 6.07) is 0.0818. The third-order valence-corrected chi connectivity index (χ3v) is 5.23. The van der Waals surface area contributed by atoms with E-state index in [9.17, 15) is 4.79 Å². The zero-order valence-electron chi connectivity index (χ0n) is 14.9. The number of nitrogens with zero attached hydrogens (tertiary/aromatic N) is 4. The lowest BCUT2D eigenvalue weighted by molar-refractivity contribution is -0.139. The molecule has 2 aliphatic rings. The van der Waals surface area contributed by atoms with Crippen molar-refractivity contribution in [1.82, 2.24) is 19.9 Å². The van der Waals surface area contributed by atoms with Crippen molar-refractivity contribution in [3.05, 3.63) is 11.7 Å². The molecule has 0 bridgehead atoms. The summed E-state index contributed by atoms with van der Waals surface area (Å²) in [4.78, 5) is 21.3. The van der Waals surface area contributed by atoms with Gasteiger partial charge in [-0.15, -0.1) is 24.8 Å². The molecule has 0 radical (unpaired) electrons. The number of hydrogen-bond donors (Lipinski definition) is 1. The Morgan fingerprint density at radius 2 is 1.84 bits per heavy atom. The molecule has 1 saturated carbocycles. The minimum Gasteiger partial charge on any atom is -0.339 e. The fraction of sp³-hybridized carbons (Fsp3) is 0.812. The summed E-state index contributed by atoms with van der Waals surface area (Å²) in [6.07, 6.45) is 4.55. The molecule has 2 fully saturated rings. The number of carbonyl (C=O) groups excluding carboxylic acids is 1. The van der Waals surface area contributed by atoms with E-state index in [1.54, 1.807) is 0 Å². The largest absolute Gasteiger partial charge is 0.339 e. The second-order valence-corrected chi connectivity index (χ2v) is 6.77. The fourth-order valence-corrected chi connectivity index (χ4v) is 3.58. The van der Waals surface area contributed by atoms with Crippen LogP contribution in [0.4, 0.5) is 0 Å². The van der Waals surface area contributed by atoms with Gasteiger partial charge in [0.1, 0.15) is 0 Å². The highest BCUT2D eigenvalue weighted by Crippen LogP contribution is 2.30. The fourth-order valence-electron chi connectivity index (χ4n) is 3.58. The summed E-state index contributed by atoms with van der Waals surface area (Å²) in [7, 11) is 0. The van der Waals surface area contributed by atoms with Crippen LogP contribution in [0.15, 0.2) is 4.52 Å². The van der Waals surface area contributed by atoms with Crippen molar-refractivity contribution in [2.45, 2.75) is 57.5 Å². The lowest BCUT2D eigenvalue weighted by atomic mass is 9.96. The molecule has 25 heavy (non-hydrogen) atoms. The molecular formula is C16H29Cl2N5O2. The smallest absolute Gasteiger partial charge is 0.243 e. The van der Waals surface area contributed by atoms with E-state index in [-0.39, 0.29) is 36.8 Å². The third-order valence-electron chi connectivity index (χ3n) is 5.23. The van der Waals surface area contributed by atoms with E-state index in [1.165, 1.54) is 0 Å². The van der Waals surface area contributed by atoms with Gasteiger partial charge in [-0.2, -0.15) is 4.98 Å². The lowest BCUT2D eigenvalue weighted by Gasteiger charge is -2.39. The number of rotatable bonds is 4. The topological polar surface area (TPSA) is 88.5 Å². The first kappa shape index (κ1) is 22.2. The summed E-state index contributed by atoms with van der Waals surface area (Å²) in [5.74, 6) is 1.54. The minimum atomic E-state index is -0.615. The Balaban J connectivity index is 0.00000156. The molecule has 0 aromatic carbocycles. The standard InChI is InChI=1S/C16H27N5O2.2ClH/c1-3-13-18-14(23-19-13)12(2)20-8-10-21(11-9-20)15(22)16(17)6-4-5-7-16;;/h12H,3-11,17H2,1-2H3;2*1H. The zero-order valence-corrected chi connectivity index (χ0v) is 16.6. The van der Waals surface area contributed by atoms with Crippen LogP contribution in [0.2, 0.25) is 0 Å². The van der Waals surface area contributed by atoms with Gasteiger partial charge in [0.2, 0.25) is 11.8 Å². The highest BCUT2D eigenvalue weighted by atomic mass is 35.5. The quantitative estimate of drug-likeness (QED) is 0.840. The number of carbonyl (C=O) groups is 1. The number of hydrogen-bond acceptors (Lipinski definition) is 6. The number of aromatic nitrogens is 2. The summed E-state index contributed by atoms with van der Waals surface area (Å²) < 4.78 is 5.34. The van der Waals surface area contributed by atoms with Crippen LogP contribution in [0.3, 0.4) is 0 Å². The van der Waals surface area contributed by atoms with Crippen molar-refractivity contribution < 1.29 is 9.32 Å². The maximum Gasteiger partial charge on any atom is 0.243 e. The van der Waals surface area contributed by atoms with E-state index < -0.39 is 5.54 Å². The van der Waals surface area contributed by atoms with Crippen molar-refractivity contribution in [3.8, 4) is 0 Å². The van der Waals surface area contributed by atoms with Gasteiger partial charge >= 0.3 is 0 Å². The van der Waals surface area contributed by atoms with E-state index >= 15 is 0 Å². The van der Waals surface area contributed by atoms with Crippen molar-refractivity contribution in [2.24, 2.45) is 5.73 Å². The maximum atomic E-state index is 12.7. The first-order valence-corrected chi connectivity index (χ1v) is 8.68. The summed E-state index contributed by atoms with van der Waals surface area (Å²) >= 11 is 0. The summed E-state index contributed by atoms with van der Waals surface area (Å²) in [5, 5.41) is 3.96. The molecule has 9 heteroatoms. The number of piperazine rings is 1. The molecule has 144 valence electrons. The molecule has 2 heterocycles. The number of amides is 1. The summed E-state index contributed by atoms with van der Waals surface area (Å²) in [6.45, 7) is 7.15. The zero-order chi connectivity index (χ0) is 16.4. The van der Waals surface area contributed by atoms with Crippen LogP contribution in [0, 0.1) is 0 Å². The molecule has 3 rings (SSSR count). The molecular weight excluding hydrogens is 365 g/mol. The SMILES string of the molecule is CCc1noc(C(C)N2CCN(C(=O)C3(N)CCCC3)CC2)n1.Cl.Cl.